The number of hydrogen-bond acceptors (Lipinski definition) is 2. The standard InChI is InChI=1S/C13H23B2NO/c14-7-9-16-8-5-12(15)6-10-17-13(11-12)3-1-2-4-13/h16H,1-11H2/t12-/m0/s1. The molecular weight excluding hydrogens is 208 g/mol. The lowest BCUT2D eigenvalue weighted by Gasteiger charge is -2.45. The predicted octanol–water partition coefficient (Wildman–Crippen LogP) is 2.00. The van der Waals surface area contributed by atoms with E-state index in [1.54, 1.807) is 0 Å². The first-order valence-corrected chi connectivity index (χ1v) is 7.02. The van der Waals surface area contributed by atoms with Gasteiger partial charge >= 0.3 is 0 Å². The molecule has 2 aliphatic rings. The van der Waals surface area contributed by atoms with Crippen LogP contribution in [0.3, 0.4) is 0 Å². The van der Waals surface area contributed by atoms with Crippen molar-refractivity contribution in [2.24, 2.45) is 0 Å². The largest absolute Gasteiger partial charge is 0.375 e. The molecule has 1 heterocycles. The van der Waals surface area contributed by atoms with Crippen molar-refractivity contribution in [1.29, 1.82) is 0 Å². The van der Waals surface area contributed by atoms with Crippen LogP contribution >= 0.6 is 0 Å². The molecule has 0 aromatic heterocycles. The van der Waals surface area contributed by atoms with E-state index in [1.807, 2.05) is 0 Å². The summed E-state index contributed by atoms with van der Waals surface area (Å²) in [5.41, 5.74) is 0.126. The van der Waals surface area contributed by atoms with E-state index in [1.165, 1.54) is 25.7 Å². The zero-order valence-electron chi connectivity index (χ0n) is 10.8. The van der Waals surface area contributed by atoms with E-state index in [-0.39, 0.29) is 10.9 Å². The maximum Gasteiger partial charge on any atom is 0.0749 e. The van der Waals surface area contributed by atoms with Crippen LogP contribution in [0.5, 0.6) is 0 Å². The summed E-state index contributed by atoms with van der Waals surface area (Å²) in [4.78, 5) is 0. The molecule has 0 aromatic rings. The van der Waals surface area contributed by atoms with E-state index in [0.29, 0.717) is 6.32 Å². The molecule has 17 heavy (non-hydrogen) atoms. The lowest BCUT2D eigenvalue weighted by molar-refractivity contribution is -0.0890. The van der Waals surface area contributed by atoms with Crippen molar-refractivity contribution in [2.75, 3.05) is 19.7 Å². The lowest BCUT2D eigenvalue weighted by Crippen LogP contribution is -2.41. The molecule has 1 atom stereocenters. The Morgan fingerprint density at radius 3 is 2.59 bits per heavy atom. The Balaban J connectivity index is 1.82. The molecule has 1 aliphatic carbocycles. The fourth-order valence-electron chi connectivity index (χ4n) is 3.37. The molecule has 0 amide bonds. The third-order valence-corrected chi connectivity index (χ3v) is 4.32. The molecule has 1 saturated carbocycles. The Morgan fingerprint density at radius 1 is 1.12 bits per heavy atom. The molecule has 1 saturated heterocycles. The van der Waals surface area contributed by atoms with Gasteiger partial charge in [-0.15, -0.1) is 0 Å². The van der Waals surface area contributed by atoms with E-state index < -0.39 is 0 Å². The fraction of sp³-hybridized carbons (Fsp3) is 1.00. The molecule has 1 spiro atoms. The van der Waals surface area contributed by atoms with Crippen molar-refractivity contribution in [3.8, 4) is 0 Å². The highest BCUT2D eigenvalue weighted by molar-refractivity contribution is 6.15. The van der Waals surface area contributed by atoms with Crippen LogP contribution in [-0.4, -0.2) is 41.0 Å². The Kier molecular flexibility index (Phi) is 4.59. The van der Waals surface area contributed by atoms with Crippen LogP contribution in [0.4, 0.5) is 0 Å². The van der Waals surface area contributed by atoms with Gasteiger partial charge in [0.25, 0.3) is 0 Å². The molecule has 2 fully saturated rings. The summed E-state index contributed by atoms with van der Waals surface area (Å²) in [5.74, 6) is 0. The van der Waals surface area contributed by atoms with E-state index >= 15 is 0 Å². The van der Waals surface area contributed by atoms with Gasteiger partial charge in [0, 0.05) is 6.61 Å². The Bertz CT molecular complexity index is 244. The molecule has 4 heteroatoms. The van der Waals surface area contributed by atoms with Gasteiger partial charge in [-0.25, -0.2) is 0 Å². The normalized spacial score (nSPS) is 32.0. The number of ether oxygens (including phenoxy) is 1. The van der Waals surface area contributed by atoms with Crippen LogP contribution in [-0.2, 0) is 4.74 Å². The van der Waals surface area contributed by atoms with E-state index in [4.69, 9.17) is 20.4 Å². The highest BCUT2D eigenvalue weighted by Crippen LogP contribution is 2.50. The van der Waals surface area contributed by atoms with E-state index in [2.05, 4.69) is 5.32 Å². The Morgan fingerprint density at radius 2 is 1.88 bits per heavy atom. The molecule has 0 bridgehead atoms. The van der Waals surface area contributed by atoms with Crippen LogP contribution in [0.2, 0.25) is 11.6 Å². The summed E-state index contributed by atoms with van der Waals surface area (Å²) in [6, 6.07) is 0. The van der Waals surface area contributed by atoms with Gasteiger partial charge in [-0.05, 0) is 45.2 Å². The average Bonchev–Trinajstić information content (AvgIpc) is 2.72. The monoisotopic (exact) mass is 231 g/mol. The van der Waals surface area contributed by atoms with Crippen molar-refractivity contribution in [3.63, 3.8) is 0 Å². The van der Waals surface area contributed by atoms with Crippen molar-refractivity contribution in [2.45, 2.75) is 62.2 Å². The quantitative estimate of drug-likeness (QED) is 0.577. The topological polar surface area (TPSA) is 21.3 Å². The third-order valence-electron chi connectivity index (χ3n) is 4.32. The van der Waals surface area contributed by atoms with E-state index in [9.17, 15) is 0 Å². The third kappa shape index (κ3) is 3.51. The zero-order valence-corrected chi connectivity index (χ0v) is 10.8. The minimum absolute atomic E-state index is 0.0236. The minimum Gasteiger partial charge on any atom is -0.375 e. The Labute approximate surface area is 108 Å². The maximum atomic E-state index is 6.54. The summed E-state index contributed by atoms with van der Waals surface area (Å²) < 4.78 is 6.03. The molecule has 0 unspecified atom stereocenters. The van der Waals surface area contributed by atoms with Crippen molar-refractivity contribution >= 4 is 15.7 Å². The first-order valence-electron chi connectivity index (χ1n) is 7.02. The summed E-state index contributed by atoms with van der Waals surface area (Å²) in [6.07, 6.45) is 8.82. The highest BCUT2D eigenvalue weighted by Gasteiger charge is 2.44. The van der Waals surface area contributed by atoms with Gasteiger partial charge in [0.15, 0.2) is 0 Å². The average molecular weight is 231 g/mol. The molecule has 2 rings (SSSR count). The highest BCUT2D eigenvalue weighted by atomic mass is 16.5. The number of rotatable bonds is 5. The second kappa shape index (κ2) is 5.79. The van der Waals surface area contributed by atoms with E-state index in [0.717, 1.165) is 39.0 Å². The minimum atomic E-state index is -0.0236. The molecule has 1 aliphatic heterocycles. The van der Waals surface area contributed by atoms with Gasteiger partial charge in [-0.1, -0.05) is 24.5 Å². The van der Waals surface area contributed by atoms with Crippen molar-refractivity contribution in [1.82, 2.24) is 5.32 Å². The van der Waals surface area contributed by atoms with Gasteiger partial charge in [0.1, 0.15) is 0 Å². The summed E-state index contributed by atoms with van der Waals surface area (Å²) in [5, 5.41) is 3.32. The SMILES string of the molecule is [B]CCNCC[C@]1([B])CCOC2(CCCC2)C1. The molecule has 1 N–H and O–H groups in total. The van der Waals surface area contributed by atoms with Crippen molar-refractivity contribution in [3.05, 3.63) is 0 Å². The molecule has 0 aromatic carbocycles. The van der Waals surface area contributed by atoms with Crippen LogP contribution in [0, 0.1) is 0 Å². The second-order valence-corrected chi connectivity index (χ2v) is 5.82. The molecule has 4 radical (unpaired) electrons. The van der Waals surface area contributed by atoms with Gasteiger partial charge in [-0.2, -0.15) is 0 Å². The molecule has 2 nitrogen and oxygen atoms in total. The smallest absolute Gasteiger partial charge is 0.0749 e. The maximum absolute atomic E-state index is 6.54. The number of hydrogen-bond donors (Lipinski definition) is 1. The lowest BCUT2D eigenvalue weighted by atomic mass is 9.58. The van der Waals surface area contributed by atoms with Crippen LogP contribution in [0.25, 0.3) is 0 Å². The van der Waals surface area contributed by atoms with Gasteiger partial charge in [0.05, 0.1) is 21.3 Å². The summed E-state index contributed by atoms with van der Waals surface area (Å²) >= 11 is 0. The van der Waals surface area contributed by atoms with Crippen LogP contribution in [0.1, 0.15) is 44.9 Å². The van der Waals surface area contributed by atoms with Gasteiger partial charge in [-0.3, -0.25) is 0 Å². The summed E-state index contributed by atoms with van der Waals surface area (Å²) in [7, 11) is 12.0. The predicted molar refractivity (Wildman–Crippen MR) is 72.9 cm³/mol. The summed E-state index contributed by atoms with van der Waals surface area (Å²) in [6.45, 7) is 2.70. The Hall–Kier alpha value is 0.0499. The fourth-order valence-corrected chi connectivity index (χ4v) is 3.37. The van der Waals surface area contributed by atoms with Crippen LogP contribution in [0.15, 0.2) is 0 Å². The zero-order chi connectivity index (χ0) is 12.2. The molecular formula is C13H23B2NO. The molecule has 92 valence electrons. The first-order chi connectivity index (χ1) is 8.18. The van der Waals surface area contributed by atoms with Crippen molar-refractivity contribution < 1.29 is 4.74 Å². The second-order valence-electron chi connectivity index (χ2n) is 5.82. The van der Waals surface area contributed by atoms with Gasteiger partial charge in [0.2, 0.25) is 0 Å². The number of nitrogens with one attached hydrogen (secondary N) is 1. The first kappa shape index (κ1) is 13.5. The van der Waals surface area contributed by atoms with Crippen LogP contribution < -0.4 is 5.32 Å². The van der Waals surface area contributed by atoms with Gasteiger partial charge < -0.3 is 10.1 Å².